The highest BCUT2D eigenvalue weighted by molar-refractivity contribution is 9.10. The molecule has 0 atom stereocenters. The van der Waals surface area contributed by atoms with Crippen molar-refractivity contribution in [3.05, 3.63) is 22.9 Å². The Labute approximate surface area is 94.8 Å². The third-order valence-electron chi connectivity index (χ3n) is 2.12. The first-order chi connectivity index (χ1) is 7.15. The molecule has 1 amide bonds. The molecule has 0 saturated carbocycles. The number of amides is 1. The second-order valence-electron chi connectivity index (χ2n) is 3.24. The van der Waals surface area contributed by atoms with Crippen molar-refractivity contribution >= 4 is 22.0 Å². The van der Waals surface area contributed by atoms with Gasteiger partial charge in [-0.05, 0) is 28.1 Å². The van der Waals surface area contributed by atoms with Gasteiger partial charge in [0.15, 0.2) is 0 Å². The number of halogens is 1. The molecule has 0 spiro atoms. The molecule has 0 aliphatic carbocycles. The number of pyridine rings is 1. The molecule has 15 heavy (non-hydrogen) atoms. The zero-order chi connectivity index (χ0) is 10.8. The molecule has 6 heteroatoms. The molecule has 0 unspecified atom stereocenters. The third-order valence-corrected chi connectivity index (χ3v) is 2.59. The molecule has 1 aliphatic rings. The van der Waals surface area contributed by atoms with Crippen LogP contribution in [0.15, 0.2) is 22.9 Å². The zero-order valence-corrected chi connectivity index (χ0v) is 9.35. The molecule has 1 aromatic heterocycles. The lowest BCUT2D eigenvalue weighted by atomic mass is 10.2. The monoisotopic (exact) mass is 272 g/mol. The predicted molar refractivity (Wildman–Crippen MR) is 56.0 cm³/mol. The number of rotatable bonds is 2. The SMILES string of the molecule is O=C(O)N1CC(Oc2ccc(Br)nc2)C1. The van der Waals surface area contributed by atoms with E-state index in [2.05, 4.69) is 20.9 Å². The Balaban J connectivity index is 1.85. The fourth-order valence-corrected chi connectivity index (χ4v) is 1.53. The van der Waals surface area contributed by atoms with E-state index in [1.165, 1.54) is 4.90 Å². The largest absolute Gasteiger partial charge is 0.485 e. The van der Waals surface area contributed by atoms with Crippen molar-refractivity contribution in [2.24, 2.45) is 0 Å². The molecule has 5 nitrogen and oxygen atoms in total. The van der Waals surface area contributed by atoms with Crippen LogP contribution in [0.3, 0.4) is 0 Å². The quantitative estimate of drug-likeness (QED) is 0.831. The minimum Gasteiger partial charge on any atom is -0.485 e. The topological polar surface area (TPSA) is 62.7 Å². The van der Waals surface area contributed by atoms with Gasteiger partial charge < -0.3 is 14.7 Å². The lowest BCUT2D eigenvalue weighted by Crippen LogP contribution is -2.55. The van der Waals surface area contributed by atoms with Crippen LogP contribution in [-0.2, 0) is 0 Å². The van der Waals surface area contributed by atoms with E-state index in [0.717, 1.165) is 4.60 Å². The van der Waals surface area contributed by atoms with E-state index in [4.69, 9.17) is 9.84 Å². The van der Waals surface area contributed by atoms with Gasteiger partial charge in [0.05, 0.1) is 19.3 Å². The van der Waals surface area contributed by atoms with E-state index in [1.807, 2.05) is 0 Å². The number of ether oxygens (including phenoxy) is 1. The van der Waals surface area contributed by atoms with Gasteiger partial charge in [-0.3, -0.25) is 0 Å². The number of likely N-dealkylation sites (tertiary alicyclic amines) is 1. The predicted octanol–water partition coefficient (Wildman–Crippen LogP) is 1.59. The van der Waals surface area contributed by atoms with Crippen LogP contribution >= 0.6 is 15.9 Å². The first-order valence-electron chi connectivity index (χ1n) is 4.41. The van der Waals surface area contributed by atoms with Gasteiger partial charge in [-0.1, -0.05) is 0 Å². The summed E-state index contributed by atoms with van der Waals surface area (Å²) in [7, 11) is 0. The van der Waals surface area contributed by atoms with E-state index in [1.54, 1.807) is 18.3 Å². The summed E-state index contributed by atoms with van der Waals surface area (Å²) in [6, 6.07) is 3.57. The molecule has 80 valence electrons. The van der Waals surface area contributed by atoms with Gasteiger partial charge in [0, 0.05) is 0 Å². The fourth-order valence-electron chi connectivity index (χ4n) is 1.29. The summed E-state index contributed by atoms with van der Waals surface area (Å²) < 4.78 is 6.24. The molecule has 2 heterocycles. The van der Waals surface area contributed by atoms with Crippen LogP contribution in [0.4, 0.5) is 4.79 Å². The van der Waals surface area contributed by atoms with E-state index in [0.29, 0.717) is 18.8 Å². The van der Waals surface area contributed by atoms with Crippen LogP contribution in [-0.4, -0.2) is 40.3 Å². The molecule has 0 radical (unpaired) electrons. The maximum atomic E-state index is 10.5. The average molecular weight is 273 g/mol. The van der Waals surface area contributed by atoms with Crippen molar-refractivity contribution in [1.29, 1.82) is 0 Å². The second kappa shape index (κ2) is 4.06. The Morgan fingerprint density at radius 1 is 1.60 bits per heavy atom. The van der Waals surface area contributed by atoms with Gasteiger partial charge in [0.1, 0.15) is 16.5 Å². The van der Waals surface area contributed by atoms with Crippen molar-refractivity contribution < 1.29 is 14.6 Å². The molecule has 0 aromatic carbocycles. The summed E-state index contributed by atoms with van der Waals surface area (Å²) in [6.07, 6.45) is 0.654. The van der Waals surface area contributed by atoms with Gasteiger partial charge in [0.2, 0.25) is 0 Å². The number of hydrogen-bond donors (Lipinski definition) is 1. The summed E-state index contributed by atoms with van der Waals surface area (Å²) in [5, 5.41) is 8.61. The molecular formula is C9H9BrN2O3. The van der Waals surface area contributed by atoms with Crippen molar-refractivity contribution in [2.45, 2.75) is 6.10 Å². The number of carboxylic acid groups (broad SMARTS) is 1. The number of hydrogen-bond acceptors (Lipinski definition) is 3. The summed E-state index contributed by atoms with van der Waals surface area (Å²) in [5.41, 5.74) is 0. The van der Waals surface area contributed by atoms with Gasteiger partial charge in [0.25, 0.3) is 0 Å². The second-order valence-corrected chi connectivity index (χ2v) is 4.06. The van der Waals surface area contributed by atoms with Crippen molar-refractivity contribution in [1.82, 2.24) is 9.88 Å². The third kappa shape index (κ3) is 2.38. The van der Waals surface area contributed by atoms with Crippen molar-refractivity contribution in [3.63, 3.8) is 0 Å². The van der Waals surface area contributed by atoms with E-state index in [9.17, 15) is 4.79 Å². The van der Waals surface area contributed by atoms with Crippen LogP contribution < -0.4 is 4.74 Å². The standard InChI is InChI=1S/C9H9BrN2O3/c10-8-2-1-6(3-11-8)15-7-4-12(5-7)9(13)14/h1-3,7H,4-5H2,(H,13,14). The lowest BCUT2D eigenvalue weighted by Gasteiger charge is -2.36. The van der Waals surface area contributed by atoms with Crippen LogP contribution in [0.5, 0.6) is 5.75 Å². The fraction of sp³-hybridized carbons (Fsp3) is 0.333. The lowest BCUT2D eigenvalue weighted by molar-refractivity contribution is 0.0250. The van der Waals surface area contributed by atoms with E-state index < -0.39 is 6.09 Å². The van der Waals surface area contributed by atoms with Crippen LogP contribution in [0, 0.1) is 0 Å². The minimum absolute atomic E-state index is 0.0518. The first-order valence-corrected chi connectivity index (χ1v) is 5.20. The molecule has 1 N–H and O–H groups in total. The summed E-state index contributed by atoms with van der Waals surface area (Å²) in [6.45, 7) is 0.844. The van der Waals surface area contributed by atoms with Gasteiger partial charge in [-0.25, -0.2) is 9.78 Å². The van der Waals surface area contributed by atoms with Crippen LogP contribution in [0.25, 0.3) is 0 Å². The van der Waals surface area contributed by atoms with Gasteiger partial charge >= 0.3 is 6.09 Å². The normalized spacial score (nSPS) is 15.9. The Morgan fingerprint density at radius 2 is 2.33 bits per heavy atom. The van der Waals surface area contributed by atoms with E-state index >= 15 is 0 Å². The molecule has 2 rings (SSSR count). The first kappa shape index (κ1) is 10.2. The maximum Gasteiger partial charge on any atom is 0.407 e. The van der Waals surface area contributed by atoms with Gasteiger partial charge in [-0.15, -0.1) is 0 Å². The van der Waals surface area contributed by atoms with E-state index in [-0.39, 0.29) is 6.10 Å². The minimum atomic E-state index is -0.899. The average Bonchev–Trinajstić information content (AvgIpc) is 2.13. The Bertz CT molecular complexity index is 362. The van der Waals surface area contributed by atoms with Crippen molar-refractivity contribution in [2.75, 3.05) is 13.1 Å². The number of nitrogens with zero attached hydrogens (tertiary/aromatic N) is 2. The molecule has 1 aliphatic heterocycles. The Hall–Kier alpha value is -1.30. The molecule has 1 aromatic rings. The number of carbonyl (C=O) groups is 1. The number of aromatic nitrogens is 1. The summed E-state index contributed by atoms with van der Waals surface area (Å²) in [4.78, 5) is 15.8. The summed E-state index contributed by atoms with van der Waals surface area (Å²) in [5.74, 6) is 0.660. The molecule has 1 fully saturated rings. The van der Waals surface area contributed by atoms with Crippen molar-refractivity contribution in [3.8, 4) is 5.75 Å². The molecule has 1 saturated heterocycles. The Kier molecular flexibility index (Phi) is 2.77. The summed E-state index contributed by atoms with van der Waals surface area (Å²) >= 11 is 3.22. The highest BCUT2D eigenvalue weighted by atomic mass is 79.9. The zero-order valence-electron chi connectivity index (χ0n) is 7.76. The molecular weight excluding hydrogens is 264 g/mol. The smallest absolute Gasteiger partial charge is 0.407 e. The highest BCUT2D eigenvalue weighted by Gasteiger charge is 2.31. The van der Waals surface area contributed by atoms with Crippen LogP contribution in [0.1, 0.15) is 0 Å². The maximum absolute atomic E-state index is 10.5. The van der Waals surface area contributed by atoms with Gasteiger partial charge in [-0.2, -0.15) is 0 Å². The van der Waals surface area contributed by atoms with Crippen LogP contribution in [0.2, 0.25) is 0 Å². The molecule has 0 bridgehead atoms. The highest BCUT2D eigenvalue weighted by Crippen LogP contribution is 2.18. The Morgan fingerprint density at radius 3 is 2.87 bits per heavy atom.